The number of fused-ring (bicyclic) bond motifs is 1. The number of H-pyrrole nitrogens is 1. The van der Waals surface area contributed by atoms with E-state index in [4.69, 9.17) is 17.3 Å². The second kappa shape index (κ2) is 7.54. The summed E-state index contributed by atoms with van der Waals surface area (Å²) in [4.78, 5) is 25.5. The highest BCUT2D eigenvalue weighted by Gasteiger charge is 2.31. The molecule has 7 nitrogen and oxygen atoms in total. The molecule has 0 bridgehead atoms. The van der Waals surface area contributed by atoms with Crippen LogP contribution in [0.4, 0.5) is 14.6 Å². The maximum atomic E-state index is 14.4. The van der Waals surface area contributed by atoms with Crippen molar-refractivity contribution < 1.29 is 18.7 Å². The van der Waals surface area contributed by atoms with Gasteiger partial charge in [0.25, 0.3) is 5.91 Å². The van der Waals surface area contributed by atoms with E-state index in [0.29, 0.717) is 27.7 Å². The van der Waals surface area contributed by atoms with Crippen molar-refractivity contribution in [3.05, 3.63) is 65.1 Å². The molecular formula is C22H16ClF2N5O2. The lowest BCUT2D eigenvalue weighted by Crippen LogP contribution is -2.53. The molecule has 4 N–H and O–H groups in total. The SMILES string of the molecule is Nc1ncc(-c2cnc3[nH]cc(-c4cc(F)ccc4F)c3c2Cl)cc1C(=O)N1CC(O)C1. The van der Waals surface area contributed by atoms with Crippen molar-refractivity contribution in [1.29, 1.82) is 0 Å². The first-order valence-corrected chi connectivity index (χ1v) is 10.1. The number of nitrogens with zero attached hydrogens (tertiary/aromatic N) is 3. The molecule has 5 rings (SSSR count). The quantitative estimate of drug-likeness (QED) is 0.437. The minimum atomic E-state index is -0.604. The number of carbonyl (C=O) groups is 1. The van der Waals surface area contributed by atoms with E-state index in [9.17, 15) is 18.7 Å². The molecule has 0 spiro atoms. The van der Waals surface area contributed by atoms with Gasteiger partial charge in [0.1, 0.15) is 23.1 Å². The Morgan fingerprint density at radius 3 is 2.69 bits per heavy atom. The maximum absolute atomic E-state index is 14.4. The summed E-state index contributed by atoms with van der Waals surface area (Å²) in [6.45, 7) is 0.450. The number of aromatic amines is 1. The molecule has 1 aromatic carbocycles. The highest BCUT2D eigenvalue weighted by atomic mass is 35.5. The van der Waals surface area contributed by atoms with Crippen LogP contribution in [0.5, 0.6) is 0 Å². The molecule has 4 heterocycles. The average Bonchev–Trinajstić information content (AvgIpc) is 3.18. The number of hydrogen-bond donors (Lipinski definition) is 3. The number of β-amino-alcohol motifs (C(OH)–C–C–N with tert-alkyl or cyclic N) is 1. The van der Waals surface area contributed by atoms with Gasteiger partial charge in [-0.1, -0.05) is 11.6 Å². The van der Waals surface area contributed by atoms with Gasteiger partial charge in [-0.2, -0.15) is 0 Å². The number of amides is 1. The Bertz CT molecular complexity index is 1380. The molecule has 32 heavy (non-hydrogen) atoms. The van der Waals surface area contributed by atoms with Crippen LogP contribution in [0.1, 0.15) is 10.4 Å². The van der Waals surface area contributed by atoms with E-state index in [1.165, 1.54) is 23.5 Å². The Balaban J connectivity index is 1.63. The normalized spacial score (nSPS) is 14.1. The summed E-state index contributed by atoms with van der Waals surface area (Å²) in [5, 5.41) is 10.1. The van der Waals surface area contributed by atoms with Gasteiger partial charge < -0.3 is 20.7 Å². The second-order valence-corrected chi connectivity index (χ2v) is 7.93. The summed E-state index contributed by atoms with van der Waals surface area (Å²) >= 11 is 6.69. The van der Waals surface area contributed by atoms with E-state index in [0.717, 1.165) is 18.2 Å². The molecule has 1 aliphatic heterocycles. The van der Waals surface area contributed by atoms with Crippen molar-refractivity contribution in [3.8, 4) is 22.3 Å². The van der Waals surface area contributed by atoms with E-state index in [1.807, 2.05) is 0 Å². The van der Waals surface area contributed by atoms with Gasteiger partial charge >= 0.3 is 0 Å². The van der Waals surface area contributed by atoms with Gasteiger partial charge in [0, 0.05) is 59.3 Å². The van der Waals surface area contributed by atoms with Crippen LogP contribution in [-0.4, -0.2) is 50.1 Å². The summed E-state index contributed by atoms with van der Waals surface area (Å²) in [5.41, 5.74) is 7.80. The fourth-order valence-corrected chi connectivity index (χ4v) is 4.11. The van der Waals surface area contributed by atoms with Crippen molar-refractivity contribution >= 4 is 34.4 Å². The molecule has 4 aromatic rings. The number of nitrogens with two attached hydrogens (primary N) is 1. The van der Waals surface area contributed by atoms with Crippen LogP contribution in [-0.2, 0) is 0 Å². The first-order valence-electron chi connectivity index (χ1n) is 9.67. The number of aliphatic hydroxyl groups excluding tert-OH is 1. The molecule has 1 saturated heterocycles. The van der Waals surface area contributed by atoms with Gasteiger partial charge in [0.15, 0.2) is 0 Å². The van der Waals surface area contributed by atoms with Crippen LogP contribution >= 0.6 is 11.6 Å². The van der Waals surface area contributed by atoms with Gasteiger partial charge in [0.2, 0.25) is 0 Å². The fraction of sp³-hybridized carbons (Fsp3) is 0.136. The molecule has 0 atom stereocenters. The Morgan fingerprint density at radius 1 is 1.16 bits per heavy atom. The topological polar surface area (TPSA) is 108 Å². The number of halogens is 3. The molecule has 0 unspecified atom stereocenters. The van der Waals surface area contributed by atoms with Crippen LogP contribution in [0.15, 0.2) is 42.9 Å². The Kier molecular flexibility index (Phi) is 4.79. The lowest BCUT2D eigenvalue weighted by Gasteiger charge is -2.36. The standard InChI is InChI=1S/C22H16ClF2N5O2/c23-19-15(10-3-14(20(26)27-5-10)22(32)30-8-12(31)9-30)6-28-21-18(19)16(7-29-21)13-4-11(24)1-2-17(13)25/h1-7,12,31H,8-9H2,(H2,26,27)(H,28,29). The van der Waals surface area contributed by atoms with Crippen LogP contribution in [0.2, 0.25) is 5.02 Å². The molecule has 1 aliphatic rings. The summed E-state index contributed by atoms with van der Waals surface area (Å²) < 4.78 is 28.2. The third-order valence-electron chi connectivity index (χ3n) is 5.47. The minimum Gasteiger partial charge on any atom is -0.389 e. The van der Waals surface area contributed by atoms with E-state index in [1.54, 1.807) is 6.07 Å². The van der Waals surface area contributed by atoms with Gasteiger partial charge in [-0.3, -0.25) is 4.79 Å². The molecule has 0 aliphatic carbocycles. The van der Waals surface area contributed by atoms with Gasteiger partial charge in [-0.25, -0.2) is 18.7 Å². The molecule has 1 amide bonds. The molecular weight excluding hydrogens is 440 g/mol. The largest absolute Gasteiger partial charge is 0.389 e. The van der Waals surface area contributed by atoms with Gasteiger partial charge in [-0.05, 0) is 24.3 Å². The first kappa shape index (κ1) is 20.3. The van der Waals surface area contributed by atoms with E-state index >= 15 is 0 Å². The number of nitrogens with one attached hydrogen (secondary N) is 1. The van der Waals surface area contributed by atoms with E-state index in [2.05, 4.69) is 15.0 Å². The average molecular weight is 456 g/mol. The molecule has 3 aromatic heterocycles. The van der Waals surface area contributed by atoms with Crippen LogP contribution in [0, 0.1) is 11.6 Å². The summed E-state index contributed by atoms with van der Waals surface area (Å²) in [6, 6.07) is 4.72. The van der Waals surface area contributed by atoms with Crippen molar-refractivity contribution in [1.82, 2.24) is 19.9 Å². The van der Waals surface area contributed by atoms with Crippen molar-refractivity contribution in [2.75, 3.05) is 18.8 Å². The predicted octanol–water partition coefficient (Wildman–Crippen LogP) is 3.62. The number of nitrogen functional groups attached to an aromatic ring is 1. The lowest BCUT2D eigenvalue weighted by atomic mass is 10.0. The number of pyridine rings is 2. The summed E-state index contributed by atoms with van der Waals surface area (Å²) in [5.74, 6) is -1.49. The van der Waals surface area contributed by atoms with Crippen LogP contribution < -0.4 is 5.73 Å². The number of benzene rings is 1. The van der Waals surface area contributed by atoms with Crippen molar-refractivity contribution in [2.24, 2.45) is 0 Å². The Morgan fingerprint density at radius 2 is 1.94 bits per heavy atom. The zero-order valence-corrected chi connectivity index (χ0v) is 17.2. The van der Waals surface area contributed by atoms with Gasteiger partial charge in [0.05, 0.1) is 16.7 Å². The number of carbonyl (C=O) groups excluding carboxylic acids is 1. The highest BCUT2D eigenvalue weighted by Crippen LogP contribution is 2.39. The molecule has 0 radical (unpaired) electrons. The number of hydrogen-bond acceptors (Lipinski definition) is 5. The maximum Gasteiger partial charge on any atom is 0.257 e. The zero-order valence-electron chi connectivity index (χ0n) is 16.4. The van der Waals surface area contributed by atoms with Crippen LogP contribution in [0.3, 0.4) is 0 Å². The second-order valence-electron chi connectivity index (χ2n) is 7.56. The van der Waals surface area contributed by atoms with Crippen LogP contribution in [0.25, 0.3) is 33.3 Å². The first-order chi connectivity index (χ1) is 15.3. The van der Waals surface area contributed by atoms with E-state index in [-0.39, 0.29) is 41.0 Å². The summed E-state index contributed by atoms with van der Waals surface area (Å²) in [6.07, 6.45) is 3.92. The monoisotopic (exact) mass is 455 g/mol. The zero-order chi connectivity index (χ0) is 22.6. The number of aliphatic hydroxyl groups is 1. The molecule has 162 valence electrons. The van der Waals surface area contributed by atoms with E-state index < -0.39 is 17.7 Å². The molecule has 1 fully saturated rings. The van der Waals surface area contributed by atoms with Gasteiger partial charge in [-0.15, -0.1) is 0 Å². The number of anilines is 1. The third-order valence-corrected chi connectivity index (χ3v) is 5.86. The third kappa shape index (κ3) is 3.26. The lowest BCUT2D eigenvalue weighted by molar-refractivity contribution is 0.00594. The minimum absolute atomic E-state index is 0.0414. The number of rotatable bonds is 3. The Labute approximate surface area is 185 Å². The number of aromatic nitrogens is 3. The smallest absolute Gasteiger partial charge is 0.257 e. The van der Waals surface area contributed by atoms with Crippen molar-refractivity contribution in [2.45, 2.75) is 6.10 Å². The Hall–Kier alpha value is -3.56. The predicted molar refractivity (Wildman–Crippen MR) is 116 cm³/mol. The molecule has 0 saturated carbocycles. The number of likely N-dealkylation sites (tertiary alicyclic amines) is 1. The van der Waals surface area contributed by atoms with Crippen molar-refractivity contribution in [3.63, 3.8) is 0 Å². The summed E-state index contributed by atoms with van der Waals surface area (Å²) in [7, 11) is 0. The highest BCUT2D eigenvalue weighted by molar-refractivity contribution is 6.39. The molecule has 10 heteroatoms. The fourth-order valence-electron chi connectivity index (χ4n) is 3.76.